The standard InChI is InChI=1S/C10H14N2O3/c1-6(2)12-5-11-4-8(9(12)13)7(3)10(14)15/h4-7H,1-3H3,(H,14,15). The number of carbonyl (C=O) groups is 1. The molecule has 0 fully saturated rings. The van der Waals surface area contributed by atoms with Gasteiger partial charge in [-0.05, 0) is 20.8 Å². The van der Waals surface area contributed by atoms with E-state index in [9.17, 15) is 9.59 Å². The molecule has 1 N–H and O–H groups in total. The normalized spacial score (nSPS) is 12.8. The Hall–Kier alpha value is -1.65. The maximum atomic E-state index is 11.8. The fourth-order valence-corrected chi connectivity index (χ4v) is 1.24. The second-order valence-corrected chi connectivity index (χ2v) is 3.72. The van der Waals surface area contributed by atoms with Crippen molar-refractivity contribution in [2.75, 3.05) is 0 Å². The molecule has 0 aliphatic heterocycles. The van der Waals surface area contributed by atoms with Crippen molar-refractivity contribution in [1.82, 2.24) is 9.55 Å². The predicted molar refractivity (Wildman–Crippen MR) is 54.9 cm³/mol. The van der Waals surface area contributed by atoms with Crippen LogP contribution in [0.2, 0.25) is 0 Å². The van der Waals surface area contributed by atoms with Gasteiger partial charge >= 0.3 is 5.97 Å². The summed E-state index contributed by atoms with van der Waals surface area (Å²) in [7, 11) is 0. The van der Waals surface area contributed by atoms with E-state index in [0.29, 0.717) is 0 Å². The number of hydrogen-bond acceptors (Lipinski definition) is 3. The van der Waals surface area contributed by atoms with Crippen molar-refractivity contribution in [2.24, 2.45) is 0 Å². The van der Waals surface area contributed by atoms with Crippen LogP contribution in [0, 0.1) is 0 Å². The lowest BCUT2D eigenvalue weighted by atomic mass is 10.1. The van der Waals surface area contributed by atoms with Gasteiger partial charge in [0.2, 0.25) is 0 Å². The monoisotopic (exact) mass is 210 g/mol. The Morgan fingerprint density at radius 2 is 2.07 bits per heavy atom. The molecule has 1 heterocycles. The number of aliphatic carboxylic acids is 1. The number of carboxylic acids is 1. The van der Waals surface area contributed by atoms with E-state index in [-0.39, 0.29) is 17.2 Å². The van der Waals surface area contributed by atoms with Crippen LogP contribution in [0.3, 0.4) is 0 Å². The molecule has 0 amide bonds. The van der Waals surface area contributed by atoms with Crippen LogP contribution in [-0.2, 0) is 4.79 Å². The Morgan fingerprint density at radius 1 is 1.47 bits per heavy atom. The van der Waals surface area contributed by atoms with Crippen LogP contribution in [0.5, 0.6) is 0 Å². The summed E-state index contributed by atoms with van der Waals surface area (Å²) in [4.78, 5) is 26.4. The van der Waals surface area contributed by atoms with Gasteiger partial charge < -0.3 is 5.11 Å². The predicted octanol–water partition coefficient (Wildman–Crippen LogP) is 1.01. The van der Waals surface area contributed by atoms with Crippen molar-refractivity contribution in [2.45, 2.75) is 32.7 Å². The number of carboxylic acid groups (broad SMARTS) is 1. The minimum absolute atomic E-state index is 0.0223. The van der Waals surface area contributed by atoms with Gasteiger partial charge in [-0.25, -0.2) is 4.98 Å². The number of hydrogen-bond donors (Lipinski definition) is 1. The van der Waals surface area contributed by atoms with Gasteiger partial charge in [0, 0.05) is 17.8 Å². The Labute approximate surface area is 87.4 Å². The highest BCUT2D eigenvalue weighted by atomic mass is 16.4. The summed E-state index contributed by atoms with van der Waals surface area (Å²) in [5.74, 6) is -1.84. The van der Waals surface area contributed by atoms with Crippen LogP contribution >= 0.6 is 0 Å². The molecule has 0 bridgehead atoms. The van der Waals surface area contributed by atoms with E-state index >= 15 is 0 Å². The lowest BCUT2D eigenvalue weighted by molar-refractivity contribution is -0.138. The van der Waals surface area contributed by atoms with Crippen molar-refractivity contribution < 1.29 is 9.90 Å². The molecule has 5 nitrogen and oxygen atoms in total. The Bertz CT molecular complexity index is 423. The smallest absolute Gasteiger partial charge is 0.310 e. The first kappa shape index (κ1) is 11.4. The van der Waals surface area contributed by atoms with E-state index in [1.165, 1.54) is 24.0 Å². The third-order valence-electron chi connectivity index (χ3n) is 2.28. The van der Waals surface area contributed by atoms with Crippen LogP contribution in [0.1, 0.15) is 38.3 Å². The van der Waals surface area contributed by atoms with Crippen LogP contribution < -0.4 is 5.56 Å². The largest absolute Gasteiger partial charge is 0.481 e. The Morgan fingerprint density at radius 3 is 2.53 bits per heavy atom. The summed E-state index contributed by atoms with van der Waals surface area (Å²) in [5.41, 5.74) is -0.0615. The molecule has 0 radical (unpaired) electrons. The van der Waals surface area contributed by atoms with Gasteiger partial charge in [-0.2, -0.15) is 0 Å². The molecule has 1 aromatic heterocycles. The van der Waals surface area contributed by atoms with Gasteiger partial charge in [0.15, 0.2) is 0 Å². The fourth-order valence-electron chi connectivity index (χ4n) is 1.24. The van der Waals surface area contributed by atoms with Crippen molar-refractivity contribution in [3.63, 3.8) is 0 Å². The quantitative estimate of drug-likeness (QED) is 0.808. The first-order chi connectivity index (χ1) is 6.95. The highest BCUT2D eigenvalue weighted by molar-refractivity contribution is 5.75. The van der Waals surface area contributed by atoms with Gasteiger partial charge in [0.05, 0.1) is 12.2 Å². The topological polar surface area (TPSA) is 72.2 Å². The average molecular weight is 210 g/mol. The van der Waals surface area contributed by atoms with E-state index in [1.807, 2.05) is 13.8 Å². The summed E-state index contributed by atoms with van der Waals surface area (Å²) in [6.07, 6.45) is 2.74. The highest BCUT2D eigenvalue weighted by Crippen LogP contribution is 2.10. The summed E-state index contributed by atoms with van der Waals surface area (Å²) in [6.45, 7) is 5.17. The second-order valence-electron chi connectivity index (χ2n) is 3.72. The third-order valence-corrected chi connectivity index (χ3v) is 2.28. The van der Waals surface area contributed by atoms with Crippen LogP contribution in [0.15, 0.2) is 17.3 Å². The van der Waals surface area contributed by atoms with Gasteiger partial charge in [0.25, 0.3) is 5.56 Å². The van der Waals surface area contributed by atoms with Crippen LogP contribution in [0.4, 0.5) is 0 Å². The molecule has 1 atom stereocenters. The zero-order valence-corrected chi connectivity index (χ0v) is 8.97. The Balaban J connectivity index is 3.27. The third kappa shape index (κ3) is 2.23. The fraction of sp³-hybridized carbons (Fsp3) is 0.500. The lowest BCUT2D eigenvalue weighted by Crippen LogP contribution is -2.28. The molecular weight excluding hydrogens is 196 g/mol. The summed E-state index contributed by atoms with van der Waals surface area (Å²) in [5, 5.41) is 8.81. The van der Waals surface area contributed by atoms with Crippen molar-refractivity contribution >= 4 is 5.97 Å². The van der Waals surface area contributed by atoms with Crippen LogP contribution in [-0.4, -0.2) is 20.6 Å². The first-order valence-corrected chi connectivity index (χ1v) is 4.74. The van der Waals surface area contributed by atoms with Gasteiger partial charge in [0.1, 0.15) is 0 Å². The maximum Gasteiger partial charge on any atom is 0.310 e. The summed E-state index contributed by atoms with van der Waals surface area (Å²) >= 11 is 0. The molecule has 1 unspecified atom stereocenters. The number of nitrogens with zero attached hydrogens (tertiary/aromatic N) is 2. The SMILES string of the molecule is CC(C(=O)O)c1cncn(C(C)C)c1=O. The van der Waals surface area contributed by atoms with E-state index in [2.05, 4.69) is 4.98 Å². The molecule has 0 aliphatic rings. The minimum atomic E-state index is -1.02. The molecule has 0 aliphatic carbocycles. The van der Waals surface area contributed by atoms with Crippen molar-refractivity contribution in [3.8, 4) is 0 Å². The average Bonchev–Trinajstić information content (AvgIpc) is 2.16. The molecule has 1 rings (SSSR count). The second kappa shape index (κ2) is 4.25. The lowest BCUT2D eigenvalue weighted by Gasteiger charge is -2.12. The Kier molecular flexibility index (Phi) is 3.24. The highest BCUT2D eigenvalue weighted by Gasteiger charge is 2.19. The zero-order valence-electron chi connectivity index (χ0n) is 8.97. The number of rotatable bonds is 3. The van der Waals surface area contributed by atoms with Gasteiger partial charge in [-0.1, -0.05) is 0 Å². The molecule has 1 aromatic rings. The summed E-state index contributed by atoms with van der Waals surface area (Å²) in [6, 6.07) is -0.0223. The first-order valence-electron chi connectivity index (χ1n) is 4.74. The van der Waals surface area contributed by atoms with Crippen LogP contribution in [0.25, 0.3) is 0 Å². The minimum Gasteiger partial charge on any atom is -0.481 e. The molecule has 5 heteroatoms. The van der Waals surface area contributed by atoms with Crippen molar-refractivity contribution in [1.29, 1.82) is 0 Å². The number of aromatic nitrogens is 2. The van der Waals surface area contributed by atoms with E-state index in [1.54, 1.807) is 0 Å². The van der Waals surface area contributed by atoms with E-state index in [0.717, 1.165) is 0 Å². The van der Waals surface area contributed by atoms with E-state index < -0.39 is 11.9 Å². The zero-order chi connectivity index (χ0) is 11.6. The van der Waals surface area contributed by atoms with Gasteiger partial charge in [-0.3, -0.25) is 14.2 Å². The van der Waals surface area contributed by atoms with Crippen molar-refractivity contribution in [3.05, 3.63) is 28.4 Å². The molecule has 0 saturated carbocycles. The van der Waals surface area contributed by atoms with E-state index in [4.69, 9.17) is 5.11 Å². The van der Waals surface area contributed by atoms with Gasteiger partial charge in [-0.15, -0.1) is 0 Å². The maximum absolute atomic E-state index is 11.8. The molecular formula is C10H14N2O3. The molecule has 15 heavy (non-hydrogen) atoms. The molecule has 0 saturated heterocycles. The molecule has 82 valence electrons. The molecule has 0 aromatic carbocycles. The summed E-state index contributed by atoms with van der Waals surface area (Å²) < 4.78 is 1.43. The molecule has 0 spiro atoms.